The summed E-state index contributed by atoms with van der Waals surface area (Å²) in [4.78, 5) is 22.6. The van der Waals surface area contributed by atoms with Crippen molar-refractivity contribution in [2.24, 2.45) is 0 Å². The van der Waals surface area contributed by atoms with Crippen molar-refractivity contribution in [1.29, 1.82) is 0 Å². The van der Waals surface area contributed by atoms with Gasteiger partial charge in [-0.15, -0.1) is 0 Å². The second kappa shape index (κ2) is 6.53. The average Bonchev–Trinajstić information content (AvgIpc) is 3.02. The van der Waals surface area contributed by atoms with Crippen LogP contribution in [-0.4, -0.2) is 10.9 Å². The van der Waals surface area contributed by atoms with Crippen molar-refractivity contribution in [3.63, 3.8) is 0 Å². The average molecular weight is 357 g/mol. The van der Waals surface area contributed by atoms with Crippen molar-refractivity contribution in [1.82, 2.24) is 0 Å². The molecule has 0 aliphatic carbocycles. The molecule has 0 spiro atoms. The molecule has 1 aliphatic rings. The first-order chi connectivity index (χ1) is 13.0. The first-order valence-corrected chi connectivity index (χ1v) is 8.40. The topological polar surface area (TPSA) is 69.4 Å². The van der Waals surface area contributed by atoms with Crippen LogP contribution in [0.4, 0.5) is 5.69 Å². The van der Waals surface area contributed by atoms with Crippen LogP contribution in [0, 0.1) is 17.0 Å². The van der Waals surface area contributed by atoms with Gasteiger partial charge in [0.25, 0.3) is 5.69 Å². The number of carbonyl (C=O) groups excluding carboxylic acids is 1. The molecular formula is C22H15NO4. The third-order valence-corrected chi connectivity index (χ3v) is 4.41. The van der Waals surface area contributed by atoms with E-state index in [-0.39, 0.29) is 5.69 Å². The van der Waals surface area contributed by atoms with E-state index in [1.54, 1.807) is 24.3 Å². The van der Waals surface area contributed by atoms with Gasteiger partial charge in [0, 0.05) is 17.7 Å². The second-order valence-electron chi connectivity index (χ2n) is 6.42. The summed E-state index contributed by atoms with van der Waals surface area (Å²) in [7, 11) is 0. The molecule has 5 heteroatoms. The van der Waals surface area contributed by atoms with Gasteiger partial charge in [-0.05, 0) is 41.5 Å². The van der Waals surface area contributed by atoms with Crippen LogP contribution in [0.3, 0.4) is 0 Å². The number of ether oxygens (including phenoxy) is 1. The maximum absolute atomic E-state index is 12.2. The van der Waals surface area contributed by atoms with E-state index < -0.39 is 10.9 Å². The fourth-order valence-electron chi connectivity index (χ4n) is 3.06. The lowest BCUT2D eigenvalue weighted by molar-refractivity contribution is -0.384. The van der Waals surface area contributed by atoms with Crippen molar-refractivity contribution in [3.05, 3.63) is 99.1 Å². The van der Waals surface area contributed by atoms with E-state index in [2.05, 4.69) is 6.07 Å². The van der Waals surface area contributed by atoms with Crippen molar-refractivity contribution >= 4 is 34.3 Å². The standard InChI is InChI=1S/C22H15NO4/c1-14-5-6-17-12-18(8-7-16(17)9-14)21-13-19(22(24)27-21)10-15-3-2-4-20(11-15)23(25)26/h2-13H,1H3/b19-10-. The number of hydrogen-bond donors (Lipinski definition) is 0. The lowest BCUT2D eigenvalue weighted by Crippen LogP contribution is -1.97. The summed E-state index contributed by atoms with van der Waals surface area (Å²) >= 11 is 0. The summed E-state index contributed by atoms with van der Waals surface area (Å²) in [5.74, 6) is -0.000310. The third kappa shape index (κ3) is 3.35. The first kappa shape index (κ1) is 16.7. The maximum Gasteiger partial charge on any atom is 0.343 e. The molecule has 0 radical (unpaired) electrons. The Morgan fingerprint density at radius 2 is 1.78 bits per heavy atom. The van der Waals surface area contributed by atoms with Crippen LogP contribution >= 0.6 is 0 Å². The van der Waals surface area contributed by atoms with Gasteiger partial charge in [0.2, 0.25) is 0 Å². The Kier molecular flexibility index (Phi) is 4.05. The number of benzene rings is 3. The van der Waals surface area contributed by atoms with Crippen LogP contribution in [0.15, 0.2) is 72.3 Å². The molecule has 0 aromatic heterocycles. The predicted octanol–water partition coefficient (Wildman–Crippen LogP) is 5.04. The highest BCUT2D eigenvalue weighted by atomic mass is 16.6. The van der Waals surface area contributed by atoms with E-state index in [9.17, 15) is 14.9 Å². The number of hydrogen-bond acceptors (Lipinski definition) is 4. The molecular weight excluding hydrogens is 342 g/mol. The molecule has 0 saturated carbocycles. The Morgan fingerprint density at radius 1 is 1.00 bits per heavy atom. The number of fused-ring (bicyclic) bond motifs is 1. The first-order valence-electron chi connectivity index (χ1n) is 8.40. The number of aryl methyl sites for hydroxylation is 1. The lowest BCUT2D eigenvalue weighted by atomic mass is 10.0. The minimum Gasteiger partial charge on any atom is -0.422 e. The molecule has 132 valence electrons. The fourth-order valence-corrected chi connectivity index (χ4v) is 3.06. The van der Waals surface area contributed by atoms with E-state index >= 15 is 0 Å². The molecule has 0 N–H and O–H groups in total. The van der Waals surface area contributed by atoms with E-state index in [1.807, 2.05) is 37.3 Å². The van der Waals surface area contributed by atoms with Crippen LogP contribution in [-0.2, 0) is 9.53 Å². The zero-order valence-electron chi connectivity index (χ0n) is 14.5. The number of non-ortho nitro benzene ring substituents is 1. The van der Waals surface area contributed by atoms with E-state index in [0.29, 0.717) is 16.9 Å². The summed E-state index contributed by atoms with van der Waals surface area (Å²) in [6, 6.07) is 18.2. The fraction of sp³-hybridized carbons (Fsp3) is 0.0455. The number of nitro groups is 1. The van der Waals surface area contributed by atoms with Crippen molar-refractivity contribution < 1.29 is 14.5 Å². The zero-order chi connectivity index (χ0) is 19.0. The van der Waals surface area contributed by atoms with Crippen molar-refractivity contribution in [3.8, 4) is 0 Å². The molecule has 0 atom stereocenters. The molecule has 0 fully saturated rings. The quantitative estimate of drug-likeness (QED) is 0.285. The molecule has 0 unspecified atom stereocenters. The largest absolute Gasteiger partial charge is 0.422 e. The van der Waals surface area contributed by atoms with Gasteiger partial charge >= 0.3 is 5.97 Å². The summed E-state index contributed by atoms with van der Waals surface area (Å²) < 4.78 is 5.40. The smallest absolute Gasteiger partial charge is 0.343 e. The van der Waals surface area contributed by atoms with Gasteiger partial charge in [-0.3, -0.25) is 10.1 Å². The SMILES string of the molecule is Cc1ccc2cc(C3=C/C(=C/c4cccc([N+](=O)[O-])c4)C(=O)O3)ccc2c1. The maximum atomic E-state index is 12.2. The Bertz CT molecular complexity index is 1160. The van der Waals surface area contributed by atoms with Gasteiger partial charge in [0.15, 0.2) is 0 Å². The van der Waals surface area contributed by atoms with Gasteiger partial charge in [-0.25, -0.2) is 4.79 Å². The van der Waals surface area contributed by atoms with Crippen LogP contribution in [0.1, 0.15) is 16.7 Å². The molecule has 4 rings (SSSR count). The summed E-state index contributed by atoms with van der Waals surface area (Å²) in [5, 5.41) is 13.1. The number of nitrogens with zero attached hydrogens (tertiary/aromatic N) is 1. The molecule has 0 saturated heterocycles. The molecule has 0 bridgehead atoms. The highest BCUT2D eigenvalue weighted by Crippen LogP contribution is 2.30. The Hall–Kier alpha value is -3.73. The highest BCUT2D eigenvalue weighted by Gasteiger charge is 2.22. The monoisotopic (exact) mass is 357 g/mol. The lowest BCUT2D eigenvalue weighted by Gasteiger charge is -2.05. The molecule has 1 aliphatic heterocycles. The van der Waals surface area contributed by atoms with Gasteiger partial charge in [-0.1, -0.05) is 48.0 Å². The minimum absolute atomic E-state index is 0.0234. The second-order valence-corrected chi connectivity index (χ2v) is 6.42. The Balaban J connectivity index is 1.69. The third-order valence-electron chi connectivity index (χ3n) is 4.41. The number of carbonyl (C=O) groups is 1. The van der Waals surface area contributed by atoms with Gasteiger partial charge in [0.05, 0.1) is 10.5 Å². The van der Waals surface area contributed by atoms with Gasteiger partial charge in [-0.2, -0.15) is 0 Å². The van der Waals surface area contributed by atoms with Crippen LogP contribution in [0.2, 0.25) is 0 Å². The predicted molar refractivity (Wildman–Crippen MR) is 104 cm³/mol. The van der Waals surface area contributed by atoms with Crippen LogP contribution < -0.4 is 0 Å². The van der Waals surface area contributed by atoms with Crippen LogP contribution in [0.25, 0.3) is 22.6 Å². The number of cyclic esters (lactones) is 1. The molecule has 3 aromatic carbocycles. The van der Waals surface area contributed by atoms with Crippen molar-refractivity contribution in [2.75, 3.05) is 0 Å². The van der Waals surface area contributed by atoms with Gasteiger partial charge in [0.1, 0.15) is 5.76 Å². The van der Waals surface area contributed by atoms with Crippen molar-refractivity contribution in [2.45, 2.75) is 6.92 Å². The van der Waals surface area contributed by atoms with Crippen LogP contribution in [0.5, 0.6) is 0 Å². The normalized spacial score (nSPS) is 15.1. The number of rotatable bonds is 3. The number of nitro benzene ring substituents is 1. The molecule has 3 aromatic rings. The van der Waals surface area contributed by atoms with E-state index in [4.69, 9.17) is 4.74 Å². The summed E-state index contributed by atoms with van der Waals surface area (Å²) in [5.41, 5.74) is 2.90. The highest BCUT2D eigenvalue weighted by molar-refractivity contribution is 6.05. The molecule has 1 heterocycles. The minimum atomic E-state index is -0.472. The molecule has 0 amide bonds. The summed E-state index contributed by atoms with van der Waals surface area (Å²) in [6.07, 6.45) is 3.25. The molecule has 27 heavy (non-hydrogen) atoms. The summed E-state index contributed by atoms with van der Waals surface area (Å²) in [6.45, 7) is 2.04. The number of esters is 1. The molecule has 5 nitrogen and oxygen atoms in total. The van der Waals surface area contributed by atoms with E-state index in [1.165, 1.54) is 17.7 Å². The Labute approximate surface area is 155 Å². The van der Waals surface area contributed by atoms with Gasteiger partial charge < -0.3 is 4.74 Å². The zero-order valence-corrected chi connectivity index (χ0v) is 14.5. The Morgan fingerprint density at radius 3 is 2.59 bits per heavy atom. The van der Waals surface area contributed by atoms with E-state index in [0.717, 1.165) is 16.3 Å².